The maximum Gasteiger partial charge on any atom is 0.115 e. The molecule has 1 atom stereocenters. The Bertz CT molecular complexity index is 518. The standard InChI is InChI=1S/C16H16O/c17-16(14-9-2-1-3-10-14)12-6-8-13-7-4-5-11-15(13)16/h1-5,7,9-11,17H,6,8,12H2. The van der Waals surface area contributed by atoms with Crippen LogP contribution in [0.3, 0.4) is 0 Å². The number of hydrogen-bond donors (Lipinski definition) is 1. The molecule has 0 amide bonds. The summed E-state index contributed by atoms with van der Waals surface area (Å²) in [7, 11) is 0. The van der Waals surface area contributed by atoms with Crippen LogP contribution in [0, 0.1) is 0 Å². The van der Waals surface area contributed by atoms with E-state index < -0.39 is 5.60 Å². The van der Waals surface area contributed by atoms with E-state index in [0.29, 0.717) is 0 Å². The first-order valence-electron chi connectivity index (χ1n) is 6.17. The van der Waals surface area contributed by atoms with Crippen LogP contribution in [0.1, 0.15) is 29.5 Å². The van der Waals surface area contributed by atoms with Crippen LogP contribution in [0.25, 0.3) is 0 Å². The van der Waals surface area contributed by atoms with Crippen molar-refractivity contribution in [2.24, 2.45) is 0 Å². The van der Waals surface area contributed by atoms with Crippen molar-refractivity contribution in [1.82, 2.24) is 0 Å². The van der Waals surface area contributed by atoms with E-state index >= 15 is 0 Å². The minimum atomic E-state index is -0.796. The van der Waals surface area contributed by atoms with Gasteiger partial charge in [-0.15, -0.1) is 0 Å². The van der Waals surface area contributed by atoms with Gasteiger partial charge in [-0.05, 0) is 36.0 Å². The van der Waals surface area contributed by atoms with Crippen molar-refractivity contribution in [2.75, 3.05) is 0 Å². The van der Waals surface area contributed by atoms with Gasteiger partial charge in [0.1, 0.15) is 5.60 Å². The van der Waals surface area contributed by atoms with Gasteiger partial charge in [-0.2, -0.15) is 0 Å². The van der Waals surface area contributed by atoms with Crippen LogP contribution >= 0.6 is 0 Å². The van der Waals surface area contributed by atoms with E-state index in [1.54, 1.807) is 0 Å². The number of rotatable bonds is 1. The molecular weight excluding hydrogens is 208 g/mol. The maximum atomic E-state index is 11.0. The molecule has 1 aliphatic rings. The molecule has 1 aliphatic carbocycles. The topological polar surface area (TPSA) is 20.2 Å². The van der Waals surface area contributed by atoms with Gasteiger partial charge in [-0.1, -0.05) is 54.6 Å². The van der Waals surface area contributed by atoms with Crippen molar-refractivity contribution in [3.8, 4) is 0 Å². The van der Waals surface area contributed by atoms with Gasteiger partial charge in [0.15, 0.2) is 0 Å². The second-order valence-corrected chi connectivity index (χ2v) is 4.74. The molecule has 0 aliphatic heterocycles. The van der Waals surface area contributed by atoms with Crippen molar-refractivity contribution in [3.05, 3.63) is 71.3 Å². The van der Waals surface area contributed by atoms with Crippen LogP contribution in [0.5, 0.6) is 0 Å². The van der Waals surface area contributed by atoms with Crippen LogP contribution in [0.2, 0.25) is 0 Å². The third-order valence-electron chi connectivity index (χ3n) is 3.70. The molecule has 0 radical (unpaired) electrons. The fraction of sp³-hybridized carbons (Fsp3) is 0.250. The number of aryl methyl sites for hydroxylation is 1. The molecule has 0 aromatic heterocycles. The Hall–Kier alpha value is -1.60. The summed E-state index contributed by atoms with van der Waals surface area (Å²) < 4.78 is 0. The smallest absolute Gasteiger partial charge is 0.115 e. The van der Waals surface area contributed by atoms with Crippen molar-refractivity contribution in [3.63, 3.8) is 0 Å². The van der Waals surface area contributed by atoms with Crippen molar-refractivity contribution < 1.29 is 5.11 Å². The van der Waals surface area contributed by atoms with E-state index in [9.17, 15) is 5.11 Å². The summed E-state index contributed by atoms with van der Waals surface area (Å²) in [6.45, 7) is 0. The molecule has 17 heavy (non-hydrogen) atoms. The van der Waals surface area contributed by atoms with Gasteiger partial charge in [-0.3, -0.25) is 0 Å². The van der Waals surface area contributed by atoms with Crippen LogP contribution < -0.4 is 0 Å². The number of benzene rings is 2. The molecule has 2 aromatic carbocycles. The quantitative estimate of drug-likeness (QED) is 0.788. The molecule has 1 N–H and O–H groups in total. The average molecular weight is 224 g/mol. The van der Waals surface area contributed by atoms with E-state index in [4.69, 9.17) is 0 Å². The lowest BCUT2D eigenvalue weighted by Crippen LogP contribution is -2.31. The summed E-state index contributed by atoms with van der Waals surface area (Å²) in [4.78, 5) is 0. The van der Waals surface area contributed by atoms with E-state index in [1.165, 1.54) is 5.56 Å². The number of aliphatic hydroxyl groups is 1. The molecule has 0 saturated carbocycles. The van der Waals surface area contributed by atoms with E-state index in [-0.39, 0.29) is 0 Å². The minimum Gasteiger partial charge on any atom is -0.380 e. The molecule has 3 rings (SSSR count). The molecule has 0 spiro atoms. The second-order valence-electron chi connectivity index (χ2n) is 4.74. The third-order valence-corrected chi connectivity index (χ3v) is 3.70. The zero-order valence-electron chi connectivity index (χ0n) is 9.76. The molecule has 1 heteroatoms. The first kappa shape index (κ1) is 10.5. The lowest BCUT2D eigenvalue weighted by molar-refractivity contribution is 0.0616. The maximum absolute atomic E-state index is 11.0. The number of fused-ring (bicyclic) bond motifs is 1. The zero-order chi connectivity index (χ0) is 11.7. The van der Waals surface area contributed by atoms with Gasteiger partial charge < -0.3 is 5.11 Å². The first-order valence-corrected chi connectivity index (χ1v) is 6.17. The average Bonchev–Trinajstić information content (AvgIpc) is 2.40. The monoisotopic (exact) mass is 224 g/mol. The second kappa shape index (κ2) is 4.01. The fourth-order valence-corrected chi connectivity index (χ4v) is 2.82. The molecule has 86 valence electrons. The molecule has 1 nitrogen and oxygen atoms in total. The Labute approximate surface area is 102 Å². The molecule has 2 aromatic rings. The Kier molecular flexibility index (Phi) is 2.49. The molecule has 1 unspecified atom stereocenters. The lowest BCUT2D eigenvalue weighted by Gasteiger charge is -2.35. The lowest BCUT2D eigenvalue weighted by atomic mass is 9.75. The van der Waals surface area contributed by atoms with Crippen LogP contribution in [0.4, 0.5) is 0 Å². The van der Waals surface area contributed by atoms with Crippen molar-refractivity contribution in [2.45, 2.75) is 24.9 Å². The molecule has 0 bridgehead atoms. The normalized spacial score (nSPS) is 23.1. The van der Waals surface area contributed by atoms with Crippen molar-refractivity contribution in [1.29, 1.82) is 0 Å². The minimum absolute atomic E-state index is 0.796. The Morgan fingerprint density at radius 3 is 2.41 bits per heavy atom. The Balaban J connectivity index is 2.16. The van der Waals surface area contributed by atoms with E-state index in [0.717, 1.165) is 30.4 Å². The van der Waals surface area contributed by atoms with E-state index in [1.807, 2.05) is 36.4 Å². The fourth-order valence-electron chi connectivity index (χ4n) is 2.82. The van der Waals surface area contributed by atoms with Gasteiger partial charge in [0, 0.05) is 0 Å². The Morgan fingerprint density at radius 2 is 1.59 bits per heavy atom. The summed E-state index contributed by atoms with van der Waals surface area (Å²) in [5.74, 6) is 0. The predicted octanol–water partition coefficient (Wildman–Crippen LogP) is 3.26. The van der Waals surface area contributed by atoms with Crippen LogP contribution in [-0.4, -0.2) is 5.11 Å². The highest BCUT2D eigenvalue weighted by Gasteiger charge is 2.35. The summed E-state index contributed by atoms with van der Waals surface area (Å²) in [6.07, 6.45) is 2.93. The third kappa shape index (κ3) is 1.67. The van der Waals surface area contributed by atoms with Gasteiger partial charge in [0.2, 0.25) is 0 Å². The van der Waals surface area contributed by atoms with Gasteiger partial charge >= 0.3 is 0 Å². The first-order chi connectivity index (χ1) is 8.31. The summed E-state index contributed by atoms with van der Waals surface area (Å²) in [5, 5.41) is 11.0. The highest BCUT2D eigenvalue weighted by Crippen LogP contribution is 2.40. The number of hydrogen-bond acceptors (Lipinski definition) is 1. The molecule has 0 heterocycles. The summed E-state index contributed by atoms with van der Waals surface area (Å²) in [5.41, 5.74) is 2.57. The van der Waals surface area contributed by atoms with Crippen LogP contribution in [0.15, 0.2) is 54.6 Å². The zero-order valence-corrected chi connectivity index (χ0v) is 9.76. The SMILES string of the molecule is OC1(c2ccccc2)CCCc2ccccc21. The molecule has 0 saturated heterocycles. The molecule has 0 fully saturated rings. The van der Waals surface area contributed by atoms with Gasteiger partial charge in [-0.25, -0.2) is 0 Å². The predicted molar refractivity (Wildman–Crippen MR) is 68.8 cm³/mol. The van der Waals surface area contributed by atoms with Gasteiger partial charge in [0.25, 0.3) is 0 Å². The summed E-state index contributed by atoms with van der Waals surface area (Å²) in [6, 6.07) is 18.2. The van der Waals surface area contributed by atoms with E-state index in [2.05, 4.69) is 18.2 Å². The van der Waals surface area contributed by atoms with Crippen LogP contribution in [-0.2, 0) is 12.0 Å². The largest absolute Gasteiger partial charge is 0.380 e. The van der Waals surface area contributed by atoms with Gasteiger partial charge in [0.05, 0.1) is 0 Å². The summed E-state index contributed by atoms with van der Waals surface area (Å²) >= 11 is 0. The molecular formula is C16H16O. The highest BCUT2D eigenvalue weighted by molar-refractivity contribution is 5.42. The highest BCUT2D eigenvalue weighted by atomic mass is 16.3. The van der Waals surface area contributed by atoms with Crippen molar-refractivity contribution >= 4 is 0 Å². The Morgan fingerprint density at radius 1 is 0.882 bits per heavy atom.